The molecule has 0 saturated carbocycles. The number of aliphatic carboxylic acids is 1. The van der Waals surface area contributed by atoms with Gasteiger partial charge in [-0.05, 0) is 0 Å². The van der Waals surface area contributed by atoms with E-state index >= 15 is 0 Å². The van der Waals surface area contributed by atoms with E-state index in [-0.39, 0.29) is 31.0 Å². The van der Waals surface area contributed by atoms with Crippen molar-refractivity contribution < 1.29 is 35.9 Å². The summed E-state index contributed by atoms with van der Waals surface area (Å²) in [4.78, 5) is 23.4. The van der Waals surface area contributed by atoms with Crippen molar-refractivity contribution in [3.8, 4) is 0 Å². The van der Waals surface area contributed by atoms with E-state index in [4.69, 9.17) is 0 Å². The Morgan fingerprint density at radius 1 is 1.40 bits per heavy atom. The number of alkyl halides is 2. The normalized spacial score (nSPS) is 19.9. The van der Waals surface area contributed by atoms with Gasteiger partial charge in [0.05, 0.1) is 0 Å². The molecule has 5 heteroatoms. The van der Waals surface area contributed by atoms with Crippen molar-refractivity contribution in [3.63, 3.8) is 0 Å². The zero-order valence-corrected chi connectivity index (χ0v) is 13.6. The number of halogens is 1. The third-order valence-electron chi connectivity index (χ3n) is 3.35. The molecule has 1 aromatic carbocycles. The number of rotatable bonds is 5. The minimum absolute atomic E-state index is 0.0604. The molecule has 0 aliphatic carbocycles. The van der Waals surface area contributed by atoms with E-state index in [0.29, 0.717) is 6.42 Å². The number of benzene rings is 1. The minimum atomic E-state index is -0.963. The Bertz CT molecular complexity index is 480. The summed E-state index contributed by atoms with van der Waals surface area (Å²) in [6.45, 7) is 1.99. The van der Waals surface area contributed by atoms with Crippen molar-refractivity contribution in [2.24, 2.45) is 0 Å². The molecule has 4 nitrogen and oxygen atoms in total. The Balaban J connectivity index is 1.98. The van der Waals surface area contributed by atoms with Crippen molar-refractivity contribution >= 4 is 11.9 Å². The predicted octanol–water partition coefficient (Wildman–Crippen LogP) is -1.64. The van der Waals surface area contributed by atoms with Gasteiger partial charge in [-0.2, -0.15) is 0 Å². The van der Waals surface area contributed by atoms with E-state index < -0.39 is 12.0 Å². The third-order valence-corrected chi connectivity index (χ3v) is 6.98. The third kappa shape index (κ3) is 4.19. The van der Waals surface area contributed by atoms with E-state index in [9.17, 15) is 14.7 Å². The van der Waals surface area contributed by atoms with Crippen LogP contribution in [0.15, 0.2) is 24.3 Å². The van der Waals surface area contributed by atoms with Gasteiger partial charge in [0.25, 0.3) is 0 Å². The number of amides is 1. The average Bonchev–Trinajstić information content (AvgIpc) is 2.94. The molecule has 2 N–H and O–H groups in total. The van der Waals surface area contributed by atoms with Crippen LogP contribution in [0.25, 0.3) is 0 Å². The molecule has 0 spiro atoms. The van der Waals surface area contributed by atoms with Gasteiger partial charge in [0.1, 0.15) is 0 Å². The van der Waals surface area contributed by atoms with E-state index in [1.54, 1.807) is 0 Å². The summed E-state index contributed by atoms with van der Waals surface area (Å²) in [6.07, 6.45) is 2.38. The van der Waals surface area contributed by atoms with Crippen molar-refractivity contribution in [3.05, 3.63) is 35.4 Å². The SMILES string of the molecule is Cc1ccc(CC(NC(=O)C2CCC[I-]2)C(=O)O)cc1. The number of carboxylic acid groups (broad SMARTS) is 1. The van der Waals surface area contributed by atoms with Gasteiger partial charge in [-0.25, -0.2) is 0 Å². The van der Waals surface area contributed by atoms with Gasteiger partial charge in [0.15, 0.2) is 0 Å². The first kappa shape index (κ1) is 15.3. The zero-order valence-electron chi connectivity index (χ0n) is 11.4. The molecule has 1 amide bonds. The Morgan fingerprint density at radius 3 is 2.65 bits per heavy atom. The molecule has 0 bridgehead atoms. The molecule has 2 unspecified atom stereocenters. The molecular weight excluding hydrogens is 369 g/mol. The molecule has 1 saturated heterocycles. The van der Waals surface area contributed by atoms with Crippen LogP contribution in [0.4, 0.5) is 0 Å². The molecule has 1 heterocycles. The van der Waals surface area contributed by atoms with Crippen molar-refractivity contribution in [2.45, 2.75) is 36.2 Å². The zero-order chi connectivity index (χ0) is 14.5. The van der Waals surface area contributed by atoms with E-state index in [2.05, 4.69) is 5.32 Å². The number of hydrogen-bond acceptors (Lipinski definition) is 2. The van der Waals surface area contributed by atoms with Gasteiger partial charge in [-0.15, -0.1) is 0 Å². The Morgan fingerprint density at radius 2 is 2.10 bits per heavy atom. The number of hydrogen-bond donors (Lipinski definition) is 2. The van der Waals surface area contributed by atoms with Crippen LogP contribution in [0.5, 0.6) is 0 Å². The summed E-state index contributed by atoms with van der Waals surface area (Å²) in [5.74, 6) is -1.02. The first-order chi connectivity index (χ1) is 9.56. The number of carboxylic acids is 1. The molecule has 1 fully saturated rings. The first-order valence-corrected chi connectivity index (χ1v) is 9.50. The number of carbonyl (C=O) groups is 2. The van der Waals surface area contributed by atoms with Crippen molar-refractivity contribution in [1.29, 1.82) is 0 Å². The molecule has 110 valence electrons. The fourth-order valence-corrected chi connectivity index (χ4v) is 5.26. The van der Waals surface area contributed by atoms with Crippen molar-refractivity contribution in [2.75, 3.05) is 4.43 Å². The maximum atomic E-state index is 12.1. The quantitative estimate of drug-likeness (QED) is 0.470. The molecule has 2 rings (SSSR count). The summed E-state index contributed by atoms with van der Waals surface area (Å²) in [5, 5.41) is 12.0. The van der Waals surface area contributed by atoms with Crippen LogP contribution in [0.1, 0.15) is 24.0 Å². The van der Waals surface area contributed by atoms with E-state index in [0.717, 1.165) is 24.0 Å². The Kier molecular flexibility index (Phi) is 5.39. The summed E-state index contributed by atoms with van der Waals surface area (Å²) in [6, 6.07) is 6.92. The number of aryl methyl sites for hydroxylation is 1. The van der Waals surface area contributed by atoms with E-state index in [1.807, 2.05) is 31.2 Å². The number of carbonyl (C=O) groups excluding carboxylic acids is 1. The Hall–Kier alpha value is -1.11. The van der Waals surface area contributed by atoms with Crippen LogP contribution in [-0.4, -0.2) is 31.4 Å². The molecule has 0 radical (unpaired) electrons. The van der Waals surface area contributed by atoms with Crippen LogP contribution in [-0.2, 0) is 16.0 Å². The predicted molar refractivity (Wildman–Crippen MR) is 72.3 cm³/mol. The summed E-state index contributed by atoms with van der Waals surface area (Å²) in [5.41, 5.74) is 2.07. The molecule has 1 aliphatic rings. The second-order valence-corrected chi connectivity index (χ2v) is 8.51. The first-order valence-electron chi connectivity index (χ1n) is 6.72. The molecule has 0 aromatic heterocycles. The van der Waals surface area contributed by atoms with Gasteiger partial charge in [0.2, 0.25) is 0 Å². The van der Waals surface area contributed by atoms with Crippen LogP contribution in [0, 0.1) is 6.92 Å². The second kappa shape index (κ2) is 7.06. The second-order valence-electron chi connectivity index (χ2n) is 5.04. The molecule has 1 aliphatic heterocycles. The standard InChI is InChI=1S/C15H19INO3/c1-10-4-6-11(7-5-10)9-13(15(19)20)17-14(18)12-3-2-8-16-12/h4-7,12-13H,2-3,8-9H2,1H3,(H,17,18)(H,19,20)/q-1. The van der Waals surface area contributed by atoms with Gasteiger partial charge >= 0.3 is 129 Å². The Labute approximate surface area is 129 Å². The summed E-state index contributed by atoms with van der Waals surface area (Å²) in [7, 11) is 0. The van der Waals surface area contributed by atoms with Gasteiger partial charge in [-0.1, -0.05) is 0 Å². The maximum absolute atomic E-state index is 12.1. The topological polar surface area (TPSA) is 66.4 Å². The van der Waals surface area contributed by atoms with Gasteiger partial charge in [0, 0.05) is 0 Å². The molecule has 1 aromatic rings. The van der Waals surface area contributed by atoms with Crippen LogP contribution >= 0.6 is 0 Å². The fourth-order valence-electron chi connectivity index (χ4n) is 2.17. The van der Waals surface area contributed by atoms with E-state index in [1.165, 1.54) is 4.43 Å². The monoisotopic (exact) mass is 388 g/mol. The summed E-state index contributed by atoms with van der Waals surface area (Å²) < 4.78 is 1.28. The molecule has 2 atom stereocenters. The average molecular weight is 388 g/mol. The molecular formula is C15H19INO3-. The van der Waals surface area contributed by atoms with Crippen LogP contribution in [0.2, 0.25) is 0 Å². The number of nitrogens with one attached hydrogen (secondary N) is 1. The van der Waals surface area contributed by atoms with Gasteiger partial charge < -0.3 is 0 Å². The van der Waals surface area contributed by atoms with Crippen LogP contribution in [0.3, 0.4) is 0 Å². The summed E-state index contributed by atoms with van der Waals surface area (Å²) >= 11 is -0.0856. The van der Waals surface area contributed by atoms with Crippen molar-refractivity contribution in [1.82, 2.24) is 5.32 Å². The van der Waals surface area contributed by atoms with Crippen LogP contribution < -0.4 is 26.5 Å². The molecule has 20 heavy (non-hydrogen) atoms. The fraction of sp³-hybridized carbons (Fsp3) is 0.467. The van der Waals surface area contributed by atoms with Gasteiger partial charge in [-0.3, -0.25) is 0 Å².